The Balaban J connectivity index is 1.51. The Morgan fingerprint density at radius 3 is 2.50 bits per heavy atom. The number of halogens is 1. The lowest BCUT2D eigenvalue weighted by Crippen LogP contribution is -2.51. The summed E-state index contributed by atoms with van der Waals surface area (Å²) in [5.74, 6) is -0.715. The van der Waals surface area contributed by atoms with E-state index in [2.05, 4.69) is 10.6 Å². The van der Waals surface area contributed by atoms with E-state index < -0.39 is 29.7 Å². The summed E-state index contributed by atoms with van der Waals surface area (Å²) in [6, 6.07) is 4.58. The second-order valence-electron chi connectivity index (χ2n) is 9.35. The standard InChI is InChI=1S/C23H32FN5O6S/c1-23(2,3)35-20(31)25-13-19(30)28-9-7-27(8-10-28)18-6-5-15(11-17(18)24)29-14-16(34-22(29)32)12-26-21(36)33-4/h5-6,11,16H,7-10,12-14H2,1-4H3,(H,25,31)(H,26,36)/t16-/m0/s1. The highest BCUT2D eigenvalue weighted by molar-refractivity contribution is 7.80. The zero-order chi connectivity index (χ0) is 26.5. The molecule has 1 aromatic carbocycles. The Labute approximate surface area is 214 Å². The first-order valence-electron chi connectivity index (χ1n) is 11.6. The number of benzene rings is 1. The van der Waals surface area contributed by atoms with Crippen LogP contribution in [-0.4, -0.2) is 92.8 Å². The van der Waals surface area contributed by atoms with Crippen molar-refractivity contribution in [2.24, 2.45) is 0 Å². The van der Waals surface area contributed by atoms with Crippen LogP contribution in [0.5, 0.6) is 0 Å². The number of methoxy groups -OCH3 is 1. The summed E-state index contributed by atoms with van der Waals surface area (Å²) in [6.07, 6.45) is -1.67. The molecule has 0 bridgehead atoms. The lowest BCUT2D eigenvalue weighted by atomic mass is 10.2. The van der Waals surface area contributed by atoms with Gasteiger partial charge in [-0.15, -0.1) is 0 Å². The molecule has 2 heterocycles. The van der Waals surface area contributed by atoms with Gasteiger partial charge in [0.2, 0.25) is 5.91 Å². The van der Waals surface area contributed by atoms with Gasteiger partial charge in [0.1, 0.15) is 24.1 Å². The molecule has 1 atom stereocenters. The Morgan fingerprint density at radius 1 is 1.19 bits per heavy atom. The van der Waals surface area contributed by atoms with Crippen LogP contribution < -0.4 is 20.4 Å². The van der Waals surface area contributed by atoms with Crippen LogP contribution in [0.1, 0.15) is 20.8 Å². The second kappa shape index (κ2) is 11.6. The van der Waals surface area contributed by atoms with E-state index in [0.717, 1.165) is 0 Å². The van der Waals surface area contributed by atoms with Crippen LogP contribution in [-0.2, 0) is 19.0 Å². The summed E-state index contributed by atoms with van der Waals surface area (Å²) in [4.78, 5) is 41.3. The smallest absolute Gasteiger partial charge is 0.414 e. The lowest BCUT2D eigenvalue weighted by molar-refractivity contribution is -0.130. The van der Waals surface area contributed by atoms with E-state index in [1.165, 1.54) is 18.1 Å². The van der Waals surface area contributed by atoms with Gasteiger partial charge in [0.25, 0.3) is 5.17 Å². The maximum absolute atomic E-state index is 15.0. The number of piperazine rings is 1. The van der Waals surface area contributed by atoms with E-state index in [4.69, 9.17) is 26.4 Å². The Bertz CT molecular complexity index is 996. The van der Waals surface area contributed by atoms with E-state index in [1.54, 1.807) is 37.8 Å². The van der Waals surface area contributed by atoms with E-state index in [0.29, 0.717) is 37.6 Å². The van der Waals surface area contributed by atoms with E-state index in [-0.39, 0.29) is 30.7 Å². The molecule has 13 heteroatoms. The number of nitrogens with one attached hydrogen (secondary N) is 2. The van der Waals surface area contributed by atoms with Crippen molar-refractivity contribution in [2.75, 3.05) is 62.7 Å². The number of hydrogen-bond acceptors (Lipinski definition) is 8. The van der Waals surface area contributed by atoms with Crippen LogP contribution in [0.2, 0.25) is 0 Å². The van der Waals surface area contributed by atoms with Crippen LogP contribution in [0, 0.1) is 5.82 Å². The number of carbonyl (C=O) groups is 3. The summed E-state index contributed by atoms with van der Waals surface area (Å²) >= 11 is 4.91. The third-order valence-electron chi connectivity index (χ3n) is 5.53. The summed E-state index contributed by atoms with van der Waals surface area (Å²) in [5, 5.41) is 5.49. The van der Waals surface area contributed by atoms with Gasteiger partial charge < -0.3 is 34.6 Å². The predicted molar refractivity (Wildman–Crippen MR) is 135 cm³/mol. The molecule has 36 heavy (non-hydrogen) atoms. The monoisotopic (exact) mass is 525 g/mol. The largest absolute Gasteiger partial charge is 0.474 e. The summed E-state index contributed by atoms with van der Waals surface area (Å²) < 4.78 is 30.3. The minimum absolute atomic E-state index is 0.169. The average molecular weight is 526 g/mol. The van der Waals surface area contributed by atoms with Crippen molar-refractivity contribution in [3.05, 3.63) is 24.0 Å². The predicted octanol–water partition coefficient (Wildman–Crippen LogP) is 1.85. The molecule has 0 saturated carbocycles. The molecule has 0 aliphatic carbocycles. The number of rotatable bonds is 6. The number of carbonyl (C=O) groups excluding carboxylic acids is 3. The Morgan fingerprint density at radius 2 is 1.89 bits per heavy atom. The molecule has 198 valence electrons. The number of ether oxygens (including phenoxy) is 3. The van der Waals surface area contributed by atoms with Crippen LogP contribution in [0.15, 0.2) is 18.2 Å². The molecule has 3 amide bonds. The van der Waals surface area contributed by atoms with E-state index in [1.807, 2.05) is 4.90 Å². The van der Waals surface area contributed by atoms with Gasteiger partial charge in [0.05, 0.1) is 31.6 Å². The lowest BCUT2D eigenvalue weighted by Gasteiger charge is -2.36. The first-order chi connectivity index (χ1) is 17.0. The van der Waals surface area contributed by atoms with Crippen molar-refractivity contribution in [1.29, 1.82) is 0 Å². The van der Waals surface area contributed by atoms with E-state index >= 15 is 4.39 Å². The molecule has 11 nitrogen and oxygen atoms in total. The fourth-order valence-electron chi connectivity index (χ4n) is 3.80. The molecule has 2 saturated heterocycles. The van der Waals surface area contributed by atoms with E-state index in [9.17, 15) is 14.4 Å². The minimum Gasteiger partial charge on any atom is -0.474 e. The summed E-state index contributed by atoms with van der Waals surface area (Å²) in [7, 11) is 1.44. The number of hydrogen-bond donors (Lipinski definition) is 2. The van der Waals surface area contributed by atoms with Gasteiger partial charge in [-0.05, 0) is 51.2 Å². The highest BCUT2D eigenvalue weighted by Gasteiger charge is 2.33. The van der Waals surface area contributed by atoms with Crippen LogP contribution >= 0.6 is 12.2 Å². The maximum Gasteiger partial charge on any atom is 0.414 e. The molecular formula is C23H32FN5O6S. The number of nitrogens with zero attached hydrogens (tertiary/aromatic N) is 3. The number of anilines is 2. The topological polar surface area (TPSA) is 113 Å². The van der Waals surface area contributed by atoms with Gasteiger partial charge in [0, 0.05) is 26.2 Å². The van der Waals surface area contributed by atoms with Crippen molar-refractivity contribution >= 4 is 46.9 Å². The van der Waals surface area contributed by atoms with Crippen LogP contribution in [0.25, 0.3) is 0 Å². The molecule has 1 aromatic rings. The van der Waals surface area contributed by atoms with Crippen LogP contribution in [0.4, 0.5) is 25.4 Å². The van der Waals surface area contributed by atoms with Gasteiger partial charge in [-0.1, -0.05) is 0 Å². The third-order valence-corrected chi connectivity index (χ3v) is 5.84. The number of amides is 3. The third kappa shape index (κ3) is 7.33. The van der Waals surface area contributed by atoms with Crippen molar-refractivity contribution in [3.63, 3.8) is 0 Å². The highest BCUT2D eigenvalue weighted by Crippen LogP contribution is 2.28. The van der Waals surface area contributed by atoms with Gasteiger partial charge >= 0.3 is 12.2 Å². The molecule has 2 N–H and O–H groups in total. The molecule has 2 aliphatic rings. The molecule has 0 unspecified atom stereocenters. The normalized spacial score (nSPS) is 18.0. The minimum atomic E-state index is -0.653. The van der Waals surface area contributed by atoms with Gasteiger partial charge in [-0.25, -0.2) is 14.0 Å². The maximum atomic E-state index is 15.0. The summed E-state index contributed by atoms with van der Waals surface area (Å²) in [6.45, 7) is 7.19. The van der Waals surface area contributed by atoms with Crippen LogP contribution in [0.3, 0.4) is 0 Å². The van der Waals surface area contributed by atoms with Crippen molar-refractivity contribution < 1.29 is 33.0 Å². The first kappa shape index (κ1) is 27.2. The first-order valence-corrected chi connectivity index (χ1v) is 12.0. The highest BCUT2D eigenvalue weighted by atomic mass is 32.1. The second-order valence-corrected chi connectivity index (χ2v) is 9.72. The molecule has 2 aliphatic heterocycles. The van der Waals surface area contributed by atoms with Crippen molar-refractivity contribution in [1.82, 2.24) is 15.5 Å². The number of thiocarbonyl (C=S) groups is 1. The average Bonchev–Trinajstić information content (AvgIpc) is 3.20. The molecule has 2 fully saturated rings. The Kier molecular flexibility index (Phi) is 8.77. The fraction of sp³-hybridized carbons (Fsp3) is 0.565. The van der Waals surface area contributed by atoms with Crippen molar-refractivity contribution in [2.45, 2.75) is 32.5 Å². The van der Waals surface area contributed by atoms with Crippen molar-refractivity contribution in [3.8, 4) is 0 Å². The SMILES string of the molecule is COC(=S)NC[C@H]1CN(c2ccc(N3CCN(C(=O)CNC(=O)OC(C)(C)C)CC3)c(F)c2)C(=O)O1. The van der Waals surface area contributed by atoms with Gasteiger partial charge in [-0.2, -0.15) is 0 Å². The molecule has 0 aromatic heterocycles. The molecule has 0 spiro atoms. The molecular weight excluding hydrogens is 493 g/mol. The van der Waals surface area contributed by atoms with Gasteiger partial charge in [-0.3, -0.25) is 9.69 Å². The quantitative estimate of drug-likeness (QED) is 0.537. The number of cyclic esters (lactones) is 1. The Hall–Kier alpha value is -3.35. The van der Waals surface area contributed by atoms with Gasteiger partial charge in [0.15, 0.2) is 0 Å². The molecule has 3 rings (SSSR count). The summed E-state index contributed by atoms with van der Waals surface area (Å²) in [5.41, 5.74) is 0.124. The number of alkyl carbamates (subject to hydrolysis) is 1. The zero-order valence-electron chi connectivity index (χ0n) is 20.8. The zero-order valence-corrected chi connectivity index (χ0v) is 21.7. The molecule has 0 radical (unpaired) electrons. The fourth-order valence-corrected chi connectivity index (χ4v) is 3.88.